The Morgan fingerprint density at radius 1 is 1.25 bits per heavy atom. The van der Waals surface area contributed by atoms with Gasteiger partial charge in [-0.25, -0.2) is 0 Å². The summed E-state index contributed by atoms with van der Waals surface area (Å²) < 4.78 is 5.35. The molecule has 0 aromatic heterocycles. The van der Waals surface area contributed by atoms with Crippen LogP contribution < -0.4 is 5.43 Å². The van der Waals surface area contributed by atoms with Crippen molar-refractivity contribution in [2.45, 2.75) is 0 Å². The molecule has 0 amide bonds. The minimum absolute atomic E-state index is 0.682. The third-order valence-corrected chi connectivity index (χ3v) is 1.65. The summed E-state index contributed by atoms with van der Waals surface area (Å²) in [6.07, 6.45) is 0. The van der Waals surface area contributed by atoms with E-state index in [0.717, 1.165) is 12.1 Å². The van der Waals surface area contributed by atoms with Gasteiger partial charge in [-0.3, -0.25) is 0 Å². The van der Waals surface area contributed by atoms with E-state index >= 15 is 0 Å². The molecule has 2 rings (SSSR count). The summed E-state index contributed by atoms with van der Waals surface area (Å²) >= 11 is 0. The molecular formula is C9H10N2O. The number of nitrogens with one attached hydrogen (secondary N) is 1. The van der Waals surface area contributed by atoms with Crippen molar-refractivity contribution in [2.75, 3.05) is 13.2 Å². The summed E-state index contributed by atoms with van der Waals surface area (Å²) in [7, 11) is 0. The van der Waals surface area contributed by atoms with Crippen LogP contribution in [0.25, 0.3) is 0 Å². The van der Waals surface area contributed by atoms with Gasteiger partial charge in [0.15, 0.2) is 0 Å². The zero-order valence-corrected chi connectivity index (χ0v) is 6.66. The van der Waals surface area contributed by atoms with Gasteiger partial charge >= 0.3 is 0 Å². The minimum Gasteiger partial charge on any atom is -0.474 e. The standard InChI is InChI=1S/C9H10N2O/c1-2-4-8(5-3-1)9-11-10-6-7-12-9/h1-5,10H,6-7H2. The predicted molar refractivity (Wildman–Crippen MR) is 46.9 cm³/mol. The number of rotatable bonds is 1. The zero-order valence-electron chi connectivity index (χ0n) is 6.66. The number of hydrogen-bond donors (Lipinski definition) is 1. The molecule has 1 aromatic carbocycles. The fraction of sp³-hybridized carbons (Fsp3) is 0.222. The molecule has 0 atom stereocenters. The van der Waals surface area contributed by atoms with Gasteiger partial charge in [0.1, 0.15) is 6.61 Å². The van der Waals surface area contributed by atoms with Crippen molar-refractivity contribution in [1.29, 1.82) is 0 Å². The van der Waals surface area contributed by atoms with E-state index in [1.165, 1.54) is 0 Å². The second-order valence-corrected chi connectivity index (χ2v) is 2.54. The minimum atomic E-state index is 0.682. The van der Waals surface area contributed by atoms with Crippen molar-refractivity contribution in [1.82, 2.24) is 5.43 Å². The summed E-state index contributed by atoms with van der Waals surface area (Å²) in [4.78, 5) is 0. The molecular weight excluding hydrogens is 152 g/mol. The molecule has 0 saturated carbocycles. The Morgan fingerprint density at radius 2 is 2.08 bits per heavy atom. The Kier molecular flexibility index (Phi) is 1.94. The normalized spacial score (nSPS) is 15.8. The van der Waals surface area contributed by atoms with Gasteiger partial charge in [-0.05, 0) is 12.1 Å². The summed E-state index contributed by atoms with van der Waals surface area (Å²) in [6.45, 7) is 1.48. The van der Waals surface area contributed by atoms with Crippen molar-refractivity contribution in [3.05, 3.63) is 35.9 Å². The average molecular weight is 162 g/mol. The summed E-state index contributed by atoms with van der Waals surface area (Å²) in [6, 6.07) is 9.86. The molecule has 0 aliphatic carbocycles. The molecule has 0 radical (unpaired) electrons. The van der Waals surface area contributed by atoms with Gasteiger partial charge in [0.25, 0.3) is 0 Å². The van der Waals surface area contributed by atoms with E-state index in [4.69, 9.17) is 4.74 Å². The van der Waals surface area contributed by atoms with Crippen LogP contribution in [0.5, 0.6) is 0 Å². The molecule has 1 aliphatic rings. The van der Waals surface area contributed by atoms with Crippen molar-refractivity contribution in [2.24, 2.45) is 5.10 Å². The number of benzene rings is 1. The van der Waals surface area contributed by atoms with Gasteiger partial charge in [-0.15, -0.1) is 5.10 Å². The second kappa shape index (κ2) is 3.26. The quantitative estimate of drug-likeness (QED) is 0.667. The van der Waals surface area contributed by atoms with Crippen LogP contribution in [0.3, 0.4) is 0 Å². The summed E-state index contributed by atoms with van der Waals surface area (Å²) in [5.41, 5.74) is 3.91. The van der Waals surface area contributed by atoms with E-state index in [1.54, 1.807) is 0 Å². The van der Waals surface area contributed by atoms with Crippen LogP contribution in [0.1, 0.15) is 5.56 Å². The van der Waals surface area contributed by atoms with Gasteiger partial charge in [0, 0.05) is 5.56 Å². The van der Waals surface area contributed by atoms with Gasteiger partial charge in [0.05, 0.1) is 6.54 Å². The molecule has 0 saturated heterocycles. The molecule has 0 fully saturated rings. The highest BCUT2D eigenvalue weighted by molar-refractivity contribution is 5.94. The number of nitrogens with zero attached hydrogens (tertiary/aromatic N) is 1. The molecule has 3 heteroatoms. The SMILES string of the molecule is c1ccc(C2=NNCCO2)cc1. The smallest absolute Gasteiger partial charge is 0.237 e. The van der Waals surface area contributed by atoms with Crippen molar-refractivity contribution in [3.63, 3.8) is 0 Å². The maximum absolute atomic E-state index is 5.35. The fourth-order valence-electron chi connectivity index (χ4n) is 1.08. The fourth-order valence-corrected chi connectivity index (χ4v) is 1.08. The second-order valence-electron chi connectivity index (χ2n) is 2.54. The Balaban J connectivity index is 2.24. The molecule has 1 N–H and O–H groups in total. The number of hydrazone groups is 1. The topological polar surface area (TPSA) is 33.6 Å². The third kappa shape index (κ3) is 1.39. The van der Waals surface area contributed by atoms with Crippen LogP contribution in [0, 0.1) is 0 Å². The highest BCUT2D eigenvalue weighted by Gasteiger charge is 2.06. The molecule has 1 heterocycles. The first-order chi connectivity index (χ1) is 5.97. The van der Waals surface area contributed by atoms with Crippen molar-refractivity contribution >= 4 is 5.90 Å². The Bertz CT molecular complexity index is 282. The average Bonchev–Trinajstić information content (AvgIpc) is 2.21. The highest BCUT2D eigenvalue weighted by Crippen LogP contribution is 2.03. The maximum Gasteiger partial charge on any atom is 0.237 e. The van der Waals surface area contributed by atoms with Gasteiger partial charge in [-0.1, -0.05) is 18.2 Å². The third-order valence-electron chi connectivity index (χ3n) is 1.65. The molecule has 3 nitrogen and oxygen atoms in total. The lowest BCUT2D eigenvalue weighted by Gasteiger charge is -2.14. The van der Waals surface area contributed by atoms with Crippen molar-refractivity contribution < 1.29 is 4.74 Å². The van der Waals surface area contributed by atoms with Gasteiger partial charge in [-0.2, -0.15) is 0 Å². The van der Waals surface area contributed by atoms with E-state index in [2.05, 4.69) is 10.5 Å². The molecule has 0 unspecified atom stereocenters. The number of hydrogen-bond acceptors (Lipinski definition) is 3. The van der Waals surface area contributed by atoms with E-state index in [-0.39, 0.29) is 0 Å². The lowest BCUT2D eigenvalue weighted by atomic mass is 10.2. The van der Waals surface area contributed by atoms with Crippen molar-refractivity contribution in [3.8, 4) is 0 Å². The Labute approximate surface area is 71.0 Å². The van der Waals surface area contributed by atoms with Gasteiger partial charge in [0.2, 0.25) is 5.90 Å². The highest BCUT2D eigenvalue weighted by atomic mass is 16.5. The Hall–Kier alpha value is -1.51. The lowest BCUT2D eigenvalue weighted by molar-refractivity contribution is 0.279. The monoisotopic (exact) mass is 162 g/mol. The largest absolute Gasteiger partial charge is 0.474 e. The molecule has 1 aliphatic heterocycles. The molecule has 12 heavy (non-hydrogen) atoms. The lowest BCUT2D eigenvalue weighted by Crippen LogP contribution is -2.25. The molecule has 0 bridgehead atoms. The van der Waals surface area contributed by atoms with Crippen LogP contribution >= 0.6 is 0 Å². The molecule has 1 aromatic rings. The zero-order chi connectivity index (χ0) is 8.23. The van der Waals surface area contributed by atoms with E-state index in [0.29, 0.717) is 12.5 Å². The van der Waals surface area contributed by atoms with Crippen LogP contribution in [0.15, 0.2) is 35.4 Å². The first-order valence-electron chi connectivity index (χ1n) is 3.95. The van der Waals surface area contributed by atoms with E-state index in [9.17, 15) is 0 Å². The van der Waals surface area contributed by atoms with Crippen LogP contribution in [0.4, 0.5) is 0 Å². The number of ether oxygens (including phenoxy) is 1. The van der Waals surface area contributed by atoms with Crippen LogP contribution in [-0.4, -0.2) is 19.0 Å². The first kappa shape index (κ1) is 7.16. The molecule has 62 valence electrons. The molecule has 0 spiro atoms. The summed E-state index contributed by atoms with van der Waals surface area (Å²) in [5, 5.41) is 4.04. The van der Waals surface area contributed by atoms with E-state index < -0.39 is 0 Å². The predicted octanol–water partition coefficient (Wildman–Crippen LogP) is 0.968. The Morgan fingerprint density at radius 3 is 2.75 bits per heavy atom. The maximum atomic E-state index is 5.35. The van der Waals surface area contributed by atoms with Crippen LogP contribution in [0.2, 0.25) is 0 Å². The van der Waals surface area contributed by atoms with Gasteiger partial charge < -0.3 is 10.2 Å². The first-order valence-corrected chi connectivity index (χ1v) is 3.95. The summed E-state index contributed by atoms with van der Waals surface area (Å²) in [5.74, 6) is 0.682. The van der Waals surface area contributed by atoms with E-state index in [1.807, 2.05) is 30.3 Å². The van der Waals surface area contributed by atoms with Crippen LogP contribution in [-0.2, 0) is 4.74 Å².